The molecular weight excluding hydrogens is 541 g/mol. The number of aromatic nitrogens is 2. The van der Waals surface area contributed by atoms with Crippen molar-refractivity contribution in [3.8, 4) is 5.75 Å². The van der Waals surface area contributed by atoms with Crippen LogP contribution in [0.25, 0.3) is 11.0 Å². The van der Waals surface area contributed by atoms with Gasteiger partial charge in [0.15, 0.2) is 10.1 Å². The van der Waals surface area contributed by atoms with E-state index < -0.39 is 29.4 Å². The summed E-state index contributed by atoms with van der Waals surface area (Å²) < 4.78 is 19.5. The molecule has 1 fully saturated rings. The quantitative estimate of drug-likeness (QED) is 0.0904. The smallest absolute Gasteiger partial charge is 0.297 e. The van der Waals surface area contributed by atoms with Gasteiger partial charge in [0.1, 0.15) is 23.1 Å². The van der Waals surface area contributed by atoms with Crippen molar-refractivity contribution in [3.63, 3.8) is 0 Å². The van der Waals surface area contributed by atoms with Gasteiger partial charge < -0.3 is 9.52 Å². The van der Waals surface area contributed by atoms with Crippen molar-refractivity contribution in [2.75, 3.05) is 4.90 Å². The Bertz CT molecular complexity index is 1700. The molecule has 1 N–H and O–H groups in total. The zero-order valence-corrected chi connectivity index (χ0v) is 21.6. The van der Waals surface area contributed by atoms with Crippen molar-refractivity contribution in [2.24, 2.45) is 5.92 Å². The summed E-state index contributed by atoms with van der Waals surface area (Å²) in [6, 6.07) is 19.7. The van der Waals surface area contributed by atoms with Crippen LogP contribution in [0.1, 0.15) is 27.7 Å². The maximum absolute atomic E-state index is 13.7. The van der Waals surface area contributed by atoms with E-state index in [1.807, 2.05) is 0 Å². The van der Waals surface area contributed by atoms with E-state index in [1.165, 1.54) is 40.9 Å². The number of anilines is 1. The number of ketones is 2. The lowest BCUT2D eigenvalue weighted by Crippen LogP contribution is -2.30. The number of furan rings is 1. The third-order valence-electron chi connectivity index (χ3n) is 6.35. The number of carbonyl (C=O) groups is 3. The van der Waals surface area contributed by atoms with E-state index in [0.29, 0.717) is 26.6 Å². The molecule has 2 unspecified atom stereocenters. The Balaban J connectivity index is 1.35. The largest absolute Gasteiger partial charge is 0.508 e. The highest BCUT2D eigenvalue weighted by molar-refractivity contribution is 8.00. The molecule has 0 bridgehead atoms. The second-order valence-electron chi connectivity index (χ2n) is 8.84. The molecule has 1 amide bonds. The zero-order valence-electron chi connectivity index (χ0n) is 20.0. The predicted molar refractivity (Wildman–Crippen MR) is 143 cm³/mol. The number of aromatic hydroxyl groups is 1. The lowest BCUT2D eigenvalue weighted by atomic mass is 9.88. The van der Waals surface area contributed by atoms with E-state index in [0.717, 1.165) is 16.9 Å². The van der Waals surface area contributed by atoms with Gasteiger partial charge in [0.25, 0.3) is 5.91 Å². The molecular formula is C28H18FN3O5S2. The topological polar surface area (TPSA) is 114 Å². The number of para-hydroxylation sites is 1. The van der Waals surface area contributed by atoms with E-state index in [9.17, 15) is 23.9 Å². The fraction of sp³-hybridized carbons (Fsp3) is 0.107. The van der Waals surface area contributed by atoms with Gasteiger partial charge in [-0.05, 0) is 47.5 Å². The first-order valence-electron chi connectivity index (χ1n) is 11.8. The summed E-state index contributed by atoms with van der Waals surface area (Å²) >= 11 is 2.44. The van der Waals surface area contributed by atoms with Gasteiger partial charge >= 0.3 is 0 Å². The lowest BCUT2D eigenvalue weighted by molar-refractivity contribution is -0.135. The van der Waals surface area contributed by atoms with E-state index in [2.05, 4.69) is 10.2 Å². The summed E-state index contributed by atoms with van der Waals surface area (Å²) in [5.41, 5.74) is 1.74. The number of phenols is 1. The van der Waals surface area contributed by atoms with Gasteiger partial charge in [-0.2, -0.15) is 0 Å². The summed E-state index contributed by atoms with van der Waals surface area (Å²) in [6.07, 6.45) is 0. The standard InChI is InChI=1S/C28H18FN3O5S2/c29-18-10-8-15(9-11-18)14-38-28-31-30-27(39-28)32-23(17-5-3-6-19(33)12-17)22(25(35)26(32)36)24(34)21-13-16-4-1-2-7-20(16)37-21/h1-13,22-23,33H,14H2. The van der Waals surface area contributed by atoms with Gasteiger partial charge in [0.05, 0.1) is 6.04 Å². The summed E-state index contributed by atoms with van der Waals surface area (Å²) in [7, 11) is 0. The van der Waals surface area contributed by atoms with Crippen LogP contribution >= 0.6 is 23.1 Å². The Hall–Kier alpha value is -4.35. The lowest BCUT2D eigenvalue weighted by Gasteiger charge is -2.24. The number of halogens is 1. The summed E-state index contributed by atoms with van der Waals surface area (Å²) in [6.45, 7) is 0. The average molecular weight is 560 g/mol. The molecule has 2 aromatic heterocycles. The number of fused-ring (bicyclic) bond motifs is 1. The van der Waals surface area contributed by atoms with Crippen LogP contribution in [0, 0.1) is 11.7 Å². The number of benzene rings is 3. The monoisotopic (exact) mass is 559 g/mol. The van der Waals surface area contributed by atoms with E-state index in [1.54, 1.807) is 54.6 Å². The van der Waals surface area contributed by atoms with Crippen LogP contribution in [0.3, 0.4) is 0 Å². The van der Waals surface area contributed by atoms with Crippen LogP contribution < -0.4 is 4.90 Å². The van der Waals surface area contributed by atoms with Gasteiger partial charge in [0.2, 0.25) is 16.7 Å². The summed E-state index contributed by atoms with van der Waals surface area (Å²) in [5, 5.41) is 19.3. The zero-order chi connectivity index (χ0) is 27.1. The third kappa shape index (κ3) is 4.70. The first-order chi connectivity index (χ1) is 18.9. The molecule has 2 atom stereocenters. The van der Waals surface area contributed by atoms with Crippen LogP contribution in [0.5, 0.6) is 5.75 Å². The minimum Gasteiger partial charge on any atom is -0.508 e. The first-order valence-corrected chi connectivity index (χ1v) is 13.6. The Morgan fingerprint density at radius 1 is 1.03 bits per heavy atom. The Labute approximate surface area is 229 Å². The number of amides is 1. The number of rotatable bonds is 7. The number of nitrogens with zero attached hydrogens (tertiary/aromatic N) is 3. The van der Waals surface area contributed by atoms with Crippen molar-refractivity contribution in [1.29, 1.82) is 0 Å². The van der Waals surface area contributed by atoms with E-state index >= 15 is 0 Å². The maximum Gasteiger partial charge on any atom is 0.297 e. The highest BCUT2D eigenvalue weighted by atomic mass is 32.2. The molecule has 0 aliphatic carbocycles. The molecule has 3 aromatic carbocycles. The van der Waals surface area contributed by atoms with Crippen LogP contribution in [0.4, 0.5) is 9.52 Å². The molecule has 0 saturated carbocycles. The second-order valence-corrected chi connectivity index (χ2v) is 11.0. The highest BCUT2D eigenvalue weighted by Gasteiger charge is 2.54. The van der Waals surface area contributed by atoms with Crippen molar-refractivity contribution >= 4 is 56.7 Å². The Morgan fingerprint density at radius 2 is 1.82 bits per heavy atom. The number of hydrogen-bond donors (Lipinski definition) is 1. The fourth-order valence-electron chi connectivity index (χ4n) is 4.53. The molecule has 0 radical (unpaired) electrons. The highest BCUT2D eigenvalue weighted by Crippen LogP contribution is 2.44. The first kappa shape index (κ1) is 25.0. The van der Waals surface area contributed by atoms with Crippen molar-refractivity contribution in [1.82, 2.24) is 10.2 Å². The van der Waals surface area contributed by atoms with Gasteiger partial charge in [-0.3, -0.25) is 19.3 Å². The molecule has 8 nitrogen and oxygen atoms in total. The maximum atomic E-state index is 13.7. The molecule has 39 heavy (non-hydrogen) atoms. The Morgan fingerprint density at radius 3 is 2.59 bits per heavy atom. The van der Waals surface area contributed by atoms with Crippen molar-refractivity contribution < 1.29 is 28.3 Å². The van der Waals surface area contributed by atoms with Gasteiger partial charge in [-0.15, -0.1) is 10.2 Å². The summed E-state index contributed by atoms with van der Waals surface area (Å²) in [4.78, 5) is 41.5. The molecule has 0 spiro atoms. The molecule has 11 heteroatoms. The molecule has 194 valence electrons. The molecule has 5 aromatic rings. The Kier molecular flexibility index (Phi) is 6.45. The van der Waals surface area contributed by atoms with Crippen LogP contribution in [-0.2, 0) is 15.3 Å². The molecule has 1 aliphatic heterocycles. The summed E-state index contributed by atoms with van der Waals surface area (Å²) in [5.74, 6) is -3.82. The van der Waals surface area contributed by atoms with Crippen molar-refractivity contribution in [3.05, 3.63) is 102 Å². The van der Waals surface area contributed by atoms with Crippen molar-refractivity contribution in [2.45, 2.75) is 16.1 Å². The number of hydrogen-bond acceptors (Lipinski definition) is 9. The molecule has 1 saturated heterocycles. The minimum atomic E-state index is -1.42. The fourth-order valence-corrected chi connectivity index (χ4v) is 6.36. The van der Waals surface area contributed by atoms with Gasteiger partial charge in [0, 0.05) is 11.1 Å². The van der Waals surface area contributed by atoms with E-state index in [-0.39, 0.29) is 22.5 Å². The van der Waals surface area contributed by atoms with Gasteiger partial charge in [-0.1, -0.05) is 65.6 Å². The number of phenolic OH excluding ortho intramolecular Hbond substituents is 1. The van der Waals surface area contributed by atoms with Gasteiger partial charge in [-0.25, -0.2) is 4.39 Å². The van der Waals surface area contributed by atoms with Crippen LogP contribution in [-0.4, -0.2) is 32.8 Å². The SMILES string of the molecule is O=C1C(=O)N(c2nnc(SCc3ccc(F)cc3)s2)C(c2cccc(O)c2)C1C(=O)c1cc2ccccc2o1. The second kappa shape index (κ2) is 10.1. The molecule has 6 rings (SSSR count). The number of carbonyl (C=O) groups excluding carboxylic acids is 3. The van der Waals surface area contributed by atoms with Crippen LogP contribution in [0.15, 0.2) is 87.6 Å². The molecule has 3 heterocycles. The number of Topliss-reactive ketones (excluding diaryl/α,β-unsaturated/α-hetero) is 2. The average Bonchev–Trinajstić information content (AvgIpc) is 3.64. The van der Waals surface area contributed by atoms with E-state index in [4.69, 9.17) is 4.42 Å². The minimum absolute atomic E-state index is 0.0397. The third-order valence-corrected chi connectivity index (χ3v) is 8.47. The molecule has 1 aliphatic rings. The predicted octanol–water partition coefficient (Wildman–Crippen LogP) is 5.58. The number of thioether (sulfide) groups is 1. The normalized spacial score (nSPS) is 17.3. The van der Waals surface area contributed by atoms with Crippen LogP contribution in [0.2, 0.25) is 0 Å².